The van der Waals surface area contributed by atoms with Crippen molar-refractivity contribution in [3.63, 3.8) is 0 Å². The van der Waals surface area contributed by atoms with E-state index in [9.17, 15) is 22.8 Å². The van der Waals surface area contributed by atoms with Crippen molar-refractivity contribution in [3.05, 3.63) is 87.4 Å². The topological polar surface area (TPSA) is 92.4 Å². The van der Waals surface area contributed by atoms with Gasteiger partial charge in [-0.3, -0.25) is 14.3 Å². The number of hydrogen-bond acceptors (Lipinski definition) is 5. The van der Waals surface area contributed by atoms with Gasteiger partial charge in [0.15, 0.2) is 5.82 Å². The lowest BCUT2D eigenvalue weighted by Crippen LogP contribution is -2.33. The van der Waals surface area contributed by atoms with Gasteiger partial charge in [0.05, 0.1) is 23.1 Å². The fourth-order valence-corrected chi connectivity index (χ4v) is 5.21. The maximum absolute atomic E-state index is 14.6. The Labute approximate surface area is 215 Å². The summed E-state index contributed by atoms with van der Waals surface area (Å²) in [5.74, 6) is -3.94. The number of hydrogen-bond donors (Lipinski definition) is 2. The molecule has 0 saturated carbocycles. The number of fused-ring (bicyclic) bond motifs is 1. The van der Waals surface area contributed by atoms with Gasteiger partial charge in [0, 0.05) is 49.5 Å². The van der Waals surface area contributed by atoms with E-state index in [0.29, 0.717) is 49.2 Å². The first-order valence-electron chi connectivity index (χ1n) is 12.2. The zero-order valence-corrected chi connectivity index (χ0v) is 20.8. The van der Waals surface area contributed by atoms with Crippen LogP contribution in [0.5, 0.6) is 0 Å². The highest BCUT2D eigenvalue weighted by atomic mass is 19.1. The predicted molar refractivity (Wildman–Crippen MR) is 136 cm³/mol. The van der Waals surface area contributed by atoms with Gasteiger partial charge in [-0.05, 0) is 56.1 Å². The first-order chi connectivity index (χ1) is 18.2. The van der Waals surface area contributed by atoms with Crippen molar-refractivity contribution in [2.75, 3.05) is 25.5 Å². The first-order valence-corrected chi connectivity index (χ1v) is 12.2. The summed E-state index contributed by atoms with van der Waals surface area (Å²) in [4.78, 5) is 30.4. The molecule has 0 aliphatic carbocycles. The molecule has 0 spiro atoms. The summed E-state index contributed by atoms with van der Waals surface area (Å²) in [6.45, 7) is 1.72. The van der Waals surface area contributed by atoms with Gasteiger partial charge in [0.1, 0.15) is 17.3 Å². The minimum Gasteiger partial charge on any atom is -0.478 e. The van der Waals surface area contributed by atoms with Crippen LogP contribution in [0.1, 0.15) is 40.4 Å². The van der Waals surface area contributed by atoms with E-state index in [1.54, 1.807) is 19.3 Å². The van der Waals surface area contributed by atoms with Crippen LogP contribution in [0.4, 0.5) is 18.9 Å². The van der Waals surface area contributed by atoms with Crippen molar-refractivity contribution >= 4 is 22.7 Å². The summed E-state index contributed by atoms with van der Waals surface area (Å²) in [6.07, 6.45) is 3.75. The number of aryl methyl sites for hydroxylation is 1. The van der Waals surface area contributed by atoms with Gasteiger partial charge in [0.2, 0.25) is 0 Å². The lowest BCUT2D eigenvalue weighted by Gasteiger charge is -2.32. The molecule has 1 aliphatic heterocycles. The van der Waals surface area contributed by atoms with E-state index < -0.39 is 29.0 Å². The van der Waals surface area contributed by atoms with Crippen LogP contribution in [0.2, 0.25) is 0 Å². The number of likely N-dealkylation sites (tertiary alicyclic amines) is 1. The average Bonchev–Trinajstić information content (AvgIpc) is 3.20. The normalized spacial score (nSPS) is 14.8. The number of nitrogens with one attached hydrogen (secondary N) is 1. The summed E-state index contributed by atoms with van der Waals surface area (Å²) in [6, 6.07) is 6.53. The number of rotatable bonds is 6. The number of anilines is 1. The monoisotopic (exact) mass is 525 g/mol. The Hall–Kier alpha value is -4.12. The number of piperidine rings is 1. The maximum atomic E-state index is 14.6. The number of nitrogens with zero attached hydrogens (tertiary/aromatic N) is 4. The minimum atomic E-state index is -1.37. The molecule has 0 amide bonds. The Morgan fingerprint density at radius 1 is 1.11 bits per heavy atom. The molecule has 0 radical (unpaired) electrons. The molecule has 0 bridgehead atoms. The third-order valence-corrected chi connectivity index (χ3v) is 7.25. The SMILES string of the molecule is CNc1cc(=O)n(-c2ccnc3c2cc(CN2CCC(c4c(F)cc(C(=O)O)cc4F)CC2)n3C)cc1F. The van der Waals surface area contributed by atoms with Gasteiger partial charge in [-0.25, -0.2) is 22.9 Å². The standard InChI is InChI=1S/C27H26F3N5O3/c1-31-22-12-24(36)35(14-21(22)30)23-3-6-32-26-18(23)11-17(33(26)2)13-34-7-4-15(5-8-34)25-19(28)9-16(27(37)38)10-20(25)29/h3,6,9-12,14-15,31H,4-5,7-8,13H2,1-2H3,(H,37,38). The van der Waals surface area contributed by atoms with E-state index in [2.05, 4.69) is 15.2 Å². The van der Waals surface area contributed by atoms with Crippen LogP contribution in [0.3, 0.4) is 0 Å². The van der Waals surface area contributed by atoms with Crippen LogP contribution in [-0.2, 0) is 13.6 Å². The van der Waals surface area contributed by atoms with E-state index in [1.807, 2.05) is 17.7 Å². The number of aromatic carboxylic acids is 1. The third kappa shape index (κ3) is 4.53. The number of benzene rings is 1. The van der Waals surface area contributed by atoms with E-state index in [-0.39, 0.29) is 22.7 Å². The lowest BCUT2D eigenvalue weighted by molar-refractivity contribution is 0.0695. The summed E-state index contributed by atoms with van der Waals surface area (Å²) in [5.41, 5.74) is 1.33. The highest BCUT2D eigenvalue weighted by Gasteiger charge is 2.27. The molecule has 4 heterocycles. The number of carboxylic acid groups (broad SMARTS) is 1. The van der Waals surface area contributed by atoms with Crippen molar-refractivity contribution in [1.82, 2.24) is 19.0 Å². The van der Waals surface area contributed by atoms with Crippen molar-refractivity contribution < 1.29 is 23.1 Å². The van der Waals surface area contributed by atoms with Gasteiger partial charge < -0.3 is 15.0 Å². The molecule has 0 unspecified atom stereocenters. The quantitative estimate of drug-likeness (QED) is 0.391. The Kier molecular flexibility index (Phi) is 6.70. The van der Waals surface area contributed by atoms with Crippen molar-refractivity contribution in [1.29, 1.82) is 0 Å². The van der Waals surface area contributed by atoms with E-state index in [4.69, 9.17) is 5.11 Å². The number of carbonyl (C=O) groups is 1. The molecule has 2 N–H and O–H groups in total. The molecule has 8 nitrogen and oxygen atoms in total. The van der Waals surface area contributed by atoms with Gasteiger partial charge in [-0.15, -0.1) is 0 Å². The summed E-state index contributed by atoms with van der Waals surface area (Å²) >= 11 is 0. The predicted octanol–water partition coefficient (Wildman–Crippen LogP) is 4.26. The highest BCUT2D eigenvalue weighted by Crippen LogP contribution is 2.33. The van der Waals surface area contributed by atoms with Crippen LogP contribution < -0.4 is 10.9 Å². The second kappa shape index (κ2) is 9.97. The van der Waals surface area contributed by atoms with Gasteiger partial charge >= 0.3 is 5.97 Å². The zero-order chi connectivity index (χ0) is 27.1. The molecule has 1 saturated heterocycles. The lowest BCUT2D eigenvalue weighted by atomic mass is 9.88. The summed E-state index contributed by atoms with van der Waals surface area (Å²) < 4.78 is 46.8. The largest absolute Gasteiger partial charge is 0.478 e. The molecule has 1 aliphatic rings. The number of pyridine rings is 2. The molecule has 5 rings (SSSR count). The number of halogens is 3. The molecule has 1 fully saturated rings. The van der Waals surface area contributed by atoms with Gasteiger partial charge in [-0.2, -0.15) is 0 Å². The summed E-state index contributed by atoms with van der Waals surface area (Å²) in [7, 11) is 3.41. The Morgan fingerprint density at radius 3 is 2.42 bits per heavy atom. The van der Waals surface area contributed by atoms with E-state index in [1.165, 1.54) is 10.6 Å². The van der Waals surface area contributed by atoms with Crippen molar-refractivity contribution in [3.8, 4) is 5.69 Å². The molecular weight excluding hydrogens is 499 g/mol. The Morgan fingerprint density at radius 2 is 1.79 bits per heavy atom. The molecule has 4 aromatic rings. The third-order valence-electron chi connectivity index (χ3n) is 7.25. The molecule has 11 heteroatoms. The molecule has 1 aromatic carbocycles. The molecule has 38 heavy (non-hydrogen) atoms. The van der Waals surface area contributed by atoms with Crippen molar-refractivity contribution in [2.45, 2.75) is 25.3 Å². The van der Waals surface area contributed by atoms with Gasteiger partial charge in [-0.1, -0.05) is 0 Å². The maximum Gasteiger partial charge on any atom is 0.335 e. The zero-order valence-electron chi connectivity index (χ0n) is 20.8. The van der Waals surface area contributed by atoms with Crippen LogP contribution >= 0.6 is 0 Å². The smallest absolute Gasteiger partial charge is 0.335 e. The Balaban J connectivity index is 1.37. The first kappa shape index (κ1) is 25.5. The van der Waals surface area contributed by atoms with E-state index in [0.717, 1.165) is 24.0 Å². The second-order valence-corrected chi connectivity index (χ2v) is 9.46. The minimum absolute atomic E-state index is 0.0601. The molecule has 198 valence electrons. The molecular formula is C27H26F3N5O3. The number of carboxylic acids is 1. The van der Waals surface area contributed by atoms with Crippen LogP contribution in [-0.4, -0.2) is 50.2 Å². The molecule has 0 atom stereocenters. The fraction of sp³-hybridized carbons (Fsp3) is 0.296. The Bertz CT molecular complexity index is 1580. The van der Waals surface area contributed by atoms with Crippen LogP contribution in [0.15, 0.2) is 47.5 Å². The van der Waals surface area contributed by atoms with Crippen molar-refractivity contribution in [2.24, 2.45) is 7.05 Å². The molecule has 3 aromatic heterocycles. The average molecular weight is 526 g/mol. The fourth-order valence-electron chi connectivity index (χ4n) is 5.21. The van der Waals surface area contributed by atoms with Gasteiger partial charge in [0.25, 0.3) is 5.56 Å². The van der Waals surface area contributed by atoms with Crippen LogP contribution in [0, 0.1) is 17.5 Å². The summed E-state index contributed by atoms with van der Waals surface area (Å²) in [5, 5.41) is 12.4. The van der Waals surface area contributed by atoms with Crippen LogP contribution in [0.25, 0.3) is 16.7 Å². The highest BCUT2D eigenvalue weighted by molar-refractivity contribution is 5.88. The second-order valence-electron chi connectivity index (χ2n) is 9.46. The number of aromatic nitrogens is 3. The van der Waals surface area contributed by atoms with E-state index >= 15 is 0 Å².